The summed E-state index contributed by atoms with van der Waals surface area (Å²) < 4.78 is 0. The standard InChI is InChI=1S/C28H29N3O4.Ni/c32-19-24(28(34)35)29-26(21-12-5-2-6-13-21)22-14-7-8-15-23(22)30-27(33)25-16-9-17-31(25)18-20-10-3-1-4-11-20;/h1-8,10-15,24-25,32H,9,16-19H2,(H2,29,30,33,34,35);/q;+2/p-1/t24-,25-;/m0./s1. The van der Waals surface area contributed by atoms with Crippen molar-refractivity contribution >= 4 is 23.3 Å². The van der Waals surface area contributed by atoms with E-state index in [0.717, 1.165) is 24.9 Å². The molecule has 8 heteroatoms. The van der Waals surface area contributed by atoms with Crippen LogP contribution in [0.5, 0.6) is 0 Å². The van der Waals surface area contributed by atoms with Crippen LogP contribution < -0.4 is 0 Å². The fourth-order valence-electron chi connectivity index (χ4n) is 4.30. The molecule has 4 rings (SSSR count). The summed E-state index contributed by atoms with van der Waals surface area (Å²) >= 11 is 0. The molecule has 3 aromatic rings. The minimum atomic E-state index is -1.33. The zero-order valence-corrected chi connectivity index (χ0v) is 20.6. The molecule has 1 aliphatic rings. The van der Waals surface area contributed by atoms with Crippen molar-refractivity contribution in [1.82, 2.24) is 4.90 Å². The summed E-state index contributed by atoms with van der Waals surface area (Å²) in [5.41, 5.74) is 3.16. The van der Waals surface area contributed by atoms with E-state index in [-0.39, 0.29) is 28.4 Å². The number of nitrogens with zero attached hydrogens (tertiary/aromatic N) is 3. The normalized spacial score (nSPS) is 16.7. The molecule has 0 saturated carbocycles. The number of para-hydroxylation sites is 1. The van der Waals surface area contributed by atoms with E-state index in [2.05, 4.69) is 27.3 Å². The third-order valence-corrected chi connectivity index (χ3v) is 6.06. The third kappa shape index (κ3) is 6.67. The maximum atomic E-state index is 13.3. The molecular formula is C28H28N3NiO4+. The minimum Gasteiger partial charge on any atom is -0.625 e. The van der Waals surface area contributed by atoms with E-state index < -0.39 is 18.6 Å². The monoisotopic (exact) mass is 528 g/mol. The second-order valence-corrected chi connectivity index (χ2v) is 8.46. The maximum Gasteiger partial charge on any atom is 2.00 e. The Morgan fingerprint density at radius 2 is 1.61 bits per heavy atom. The smallest absolute Gasteiger partial charge is 0.625 e. The fourth-order valence-corrected chi connectivity index (χ4v) is 4.30. The number of benzene rings is 3. The van der Waals surface area contributed by atoms with Crippen molar-refractivity contribution in [2.24, 2.45) is 4.99 Å². The van der Waals surface area contributed by atoms with Crippen molar-refractivity contribution in [2.45, 2.75) is 31.5 Å². The van der Waals surface area contributed by atoms with Crippen molar-refractivity contribution in [2.75, 3.05) is 13.2 Å². The summed E-state index contributed by atoms with van der Waals surface area (Å²) in [7, 11) is 0. The minimum absolute atomic E-state index is 0. The largest absolute Gasteiger partial charge is 2.00 e. The van der Waals surface area contributed by atoms with Crippen LogP contribution in [-0.4, -0.2) is 57.9 Å². The Labute approximate surface area is 220 Å². The molecule has 7 nitrogen and oxygen atoms in total. The molecule has 0 aliphatic carbocycles. The predicted molar refractivity (Wildman–Crippen MR) is 135 cm³/mol. The molecule has 1 aliphatic heterocycles. The number of likely N-dealkylation sites (tertiary alicyclic amines) is 1. The molecule has 2 N–H and O–H groups in total. The summed E-state index contributed by atoms with van der Waals surface area (Å²) in [5.74, 6) is -1.45. The van der Waals surface area contributed by atoms with Gasteiger partial charge in [-0.05, 0) is 30.5 Å². The SMILES string of the molecule is O=C(O)[C@H](CO)N=C(c1ccccc1)c1ccccc1[N-]C(=O)[C@@H]1CCCN1Cc1ccccc1.[Ni+2]. The average Bonchev–Trinajstić information content (AvgIpc) is 3.34. The van der Waals surface area contributed by atoms with E-state index in [1.807, 2.05) is 48.5 Å². The van der Waals surface area contributed by atoms with E-state index in [4.69, 9.17) is 0 Å². The van der Waals surface area contributed by atoms with Gasteiger partial charge in [0.1, 0.15) is 0 Å². The van der Waals surface area contributed by atoms with Gasteiger partial charge in [-0.1, -0.05) is 84.9 Å². The number of aliphatic carboxylic acids is 1. The van der Waals surface area contributed by atoms with Gasteiger partial charge in [-0.2, -0.15) is 0 Å². The first-order chi connectivity index (χ1) is 17.1. The van der Waals surface area contributed by atoms with Crippen LogP contribution in [0.15, 0.2) is 89.9 Å². The van der Waals surface area contributed by atoms with E-state index in [1.165, 1.54) is 0 Å². The van der Waals surface area contributed by atoms with Crippen LogP contribution in [0.1, 0.15) is 29.5 Å². The van der Waals surface area contributed by atoms with Crippen LogP contribution in [0.2, 0.25) is 0 Å². The number of aliphatic imine (C=N–C) groups is 1. The van der Waals surface area contributed by atoms with E-state index in [0.29, 0.717) is 29.1 Å². The molecule has 1 fully saturated rings. The molecule has 0 unspecified atom stereocenters. The number of aliphatic hydroxyl groups excluding tert-OH is 1. The number of carbonyl (C=O) groups excluding carboxylic acids is 1. The van der Waals surface area contributed by atoms with Crippen molar-refractivity contribution in [3.05, 3.63) is 107 Å². The summed E-state index contributed by atoms with van der Waals surface area (Å²) in [4.78, 5) is 31.4. The Morgan fingerprint density at radius 1 is 0.972 bits per heavy atom. The number of rotatable bonds is 9. The quantitative estimate of drug-likeness (QED) is 0.320. The molecule has 2 atom stereocenters. The molecule has 1 amide bonds. The van der Waals surface area contributed by atoms with Gasteiger partial charge in [0, 0.05) is 12.1 Å². The first-order valence-electron chi connectivity index (χ1n) is 11.7. The van der Waals surface area contributed by atoms with Crippen LogP contribution in [0.25, 0.3) is 5.32 Å². The second kappa shape index (κ2) is 13.1. The fraction of sp³-hybridized carbons (Fsp3) is 0.250. The molecule has 1 saturated heterocycles. The molecule has 36 heavy (non-hydrogen) atoms. The topological polar surface area (TPSA) is 104 Å². The van der Waals surface area contributed by atoms with Gasteiger partial charge in [-0.3, -0.25) is 9.89 Å². The summed E-state index contributed by atoms with van der Waals surface area (Å²) in [6.07, 6.45) is 1.66. The number of hydrogen-bond acceptors (Lipinski definition) is 5. The molecule has 0 bridgehead atoms. The number of carbonyl (C=O) groups is 2. The second-order valence-electron chi connectivity index (χ2n) is 8.46. The third-order valence-electron chi connectivity index (χ3n) is 6.06. The zero-order chi connectivity index (χ0) is 24.6. The molecule has 1 heterocycles. The molecule has 0 radical (unpaired) electrons. The van der Waals surface area contributed by atoms with Crippen molar-refractivity contribution < 1.29 is 36.3 Å². The number of carboxylic acid groups (broad SMARTS) is 1. The van der Waals surface area contributed by atoms with Gasteiger partial charge in [0.2, 0.25) is 0 Å². The van der Waals surface area contributed by atoms with Gasteiger partial charge < -0.3 is 20.3 Å². The van der Waals surface area contributed by atoms with Gasteiger partial charge in [0.25, 0.3) is 0 Å². The number of carboxylic acids is 1. The number of amides is 1. The molecule has 0 aromatic heterocycles. The van der Waals surface area contributed by atoms with Gasteiger partial charge in [0.05, 0.1) is 24.3 Å². The van der Waals surface area contributed by atoms with Gasteiger partial charge >= 0.3 is 22.5 Å². The maximum absolute atomic E-state index is 13.3. The summed E-state index contributed by atoms with van der Waals surface area (Å²) in [6, 6.07) is 24.6. The van der Waals surface area contributed by atoms with Crippen molar-refractivity contribution in [3.63, 3.8) is 0 Å². The Bertz CT molecular complexity index is 1190. The number of hydrogen-bond donors (Lipinski definition) is 2. The summed E-state index contributed by atoms with van der Waals surface area (Å²) in [5, 5.41) is 23.5. The predicted octanol–water partition coefficient (Wildman–Crippen LogP) is 4.16. The number of aliphatic hydroxyl groups is 1. The molecular weight excluding hydrogens is 501 g/mol. The van der Waals surface area contributed by atoms with Crippen LogP contribution in [-0.2, 0) is 32.6 Å². The van der Waals surface area contributed by atoms with Crippen LogP contribution in [0.4, 0.5) is 5.69 Å². The molecule has 3 aromatic carbocycles. The van der Waals surface area contributed by atoms with E-state index in [1.54, 1.807) is 24.3 Å². The summed E-state index contributed by atoms with van der Waals surface area (Å²) in [6.45, 7) is 0.873. The first kappa shape index (κ1) is 27.3. The first-order valence-corrected chi connectivity index (χ1v) is 11.7. The average molecular weight is 529 g/mol. The Balaban J connectivity index is 0.00000361. The van der Waals surface area contributed by atoms with E-state index >= 15 is 0 Å². The van der Waals surface area contributed by atoms with Crippen LogP contribution >= 0.6 is 0 Å². The van der Waals surface area contributed by atoms with Crippen molar-refractivity contribution in [3.8, 4) is 0 Å². The van der Waals surface area contributed by atoms with Gasteiger partial charge in [-0.25, -0.2) is 4.79 Å². The molecule has 188 valence electrons. The van der Waals surface area contributed by atoms with Gasteiger partial charge in [-0.15, -0.1) is 5.69 Å². The Morgan fingerprint density at radius 3 is 2.28 bits per heavy atom. The zero-order valence-electron chi connectivity index (χ0n) is 19.6. The molecule has 0 spiro atoms. The van der Waals surface area contributed by atoms with E-state index in [9.17, 15) is 19.8 Å². The van der Waals surface area contributed by atoms with Crippen LogP contribution in [0.3, 0.4) is 0 Å². The Hall–Kier alpha value is -3.32. The van der Waals surface area contributed by atoms with Gasteiger partial charge in [0.15, 0.2) is 6.04 Å². The van der Waals surface area contributed by atoms with Crippen LogP contribution in [0, 0.1) is 0 Å². The Kier molecular flexibility index (Phi) is 9.94. The van der Waals surface area contributed by atoms with Crippen molar-refractivity contribution in [1.29, 1.82) is 0 Å².